The minimum Gasteiger partial charge on any atom is -0.354 e. The summed E-state index contributed by atoms with van der Waals surface area (Å²) in [6, 6.07) is 3.24. The van der Waals surface area contributed by atoms with Crippen LogP contribution in [-0.2, 0) is 6.18 Å². The van der Waals surface area contributed by atoms with Crippen molar-refractivity contribution in [3.05, 3.63) is 40.5 Å². The topological polar surface area (TPSA) is 55.1 Å². The molecule has 0 unspecified atom stereocenters. The van der Waals surface area contributed by atoms with Crippen LogP contribution in [-0.4, -0.2) is 23.0 Å². The maximum absolute atomic E-state index is 12.8. The highest BCUT2D eigenvalue weighted by atomic mass is 35.5. The fourth-order valence-corrected chi connectivity index (χ4v) is 2.69. The van der Waals surface area contributed by atoms with Crippen LogP contribution < -0.4 is 5.32 Å². The summed E-state index contributed by atoms with van der Waals surface area (Å²) in [6.07, 6.45) is -5.43. The first-order valence-electron chi connectivity index (χ1n) is 7.08. The molecule has 1 aliphatic carbocycles. The smallest absolute Gasteiger partial charge is 0.354 e. The van der Waals surface area contributed by atoms with Crippen molar-refractivity contribution in [3.63, 3.8) is 0 Å². The zero-order chi connectivity index (χ0) is 18.4. The largest absolute Gasteiger partial charge is 0.416 e. The molecule has 0 bridgehead atoms. The number of benzene rings is 1. The van der Waals surface area contributed by atoms with Crippen LogP contribution >= 0.6 is 11.6 Å². The molecule has 1 saturated carbocycles. The first-order chi connectivity index (χ1) is 11.6. The Labute approximate surface area is 142 Å². The molecule has 1 N–H and O–H groups in total. The molecule has 0 atom stereocenters. The summed E-state index contributed by atoms with van der Waals surface area (Å²) in [5.74, 6) is -3.66. The monoisotopic (exact) mass is 380 g/mol. The maximum atomic E-state index is 12.8. The van der Waals surface area contributed by atoms with E-state index >= 15 is 0 Å². The molecule has 3 rings (SSSR count). The molecule has 2 aromatic rings. The van der Waals surface area contributed by atoms with Gasteiger partial charge in [-0.2, -0.15) is 13.2 Å². The van der Waals surface area contributed by atoms with Crippen molar-refractivity contribution < 1.29 is 31.3 Å². The summed E-state index contributed by atoms with van der Waals surface area (Å²) < 4.78 is 68.1. The quantitative estimate of drug-likeness (QED) is 0.795. The lowest BCUT2D eigenvalue weighted by molar-refractivity contribution is -0.137. The zero-order valence-electron chi connectivity index (χ0n) is 12.3. The van der Waals surface area contributed by atoms with Crippen LogP contribution in [0.5, 0.6) is 0 Å². The molecule has 25 heavy (non-hydrogen) atoms. The van der Waals surface area contributed by atoms with Crippen LogP contribution in [0.4, 0.5) is 22.0 Å². The van der Waals surface area contributed by atoms with Gasteiger partial charge in [0.2, 0.25) is 0 Å². The first kappa shape index (κ1) is 17.7. The van der Waals surface area contributed by atoms with E-state index in [1.54, 1.807) is 0 Å². The van der Waals surface area contributed by atoms with Gasteiger partial charge in [0.05, 0.1) is 5.56 Å². The van der Waals surface area contributed by atoms with E-state index in [2.05, 4.69) is 10.5 Å². The Morgan fingerprint density at radius 3 is 2.36 bits per heavy atom. The summed E-state index contributed by atoms with van der Waals surface area (Å²) >= 11 is 6.00. The summed E-state index contributed by atoms with van der Waals surface area (Å²) in [5.41, 5.74) is -0.970. The number of halogens is 6. The molecule has 1 aliphatic rings. The van der Waals surface area contributed by atoms with Gasteiger partial charge < -0.3 is 9.84 Å². The predicted octanol–water partition coefficient (Wildman–Crippen LogP) is 4.54. The second kappa shape index (κ2) is 5.98. The fourth-order valence-electron chi connectivity index (χ4n) is 2.43. The average Bonchev–Trinajstić information content (AvgIpc) is 2.86. The van der Waals surface area contributed by atoms with Crippen molar-refractivity contribution in [1.82, 2.24) is 10.5 Å². The van der Waals surface area contributed by atoms with Gasteiger partial charge in [-0.25, -0.2) is 8.78 Å². The molecule has 0 aliphatic heterocycles. The first-order valence-corrected chi connectivity index (χ1v) is 7.46. The summed E-state index contributed by atoms with van der Waals surface area (Å²) in [5, 5.41) is 5.63. The van der Waals surface area contributed by atoms with E-state index < -0.39 is 42.5 Å². The molecule has 0 saturated heterocycles. The van der Waals surface area contributed by atoms with Gasteiger partial charge in [-0.3, -0.25) is 4.79 Å². The Balaban J connectivity index is 1.76. The standard InChI is InChI=1S/C15H10ClF5N2O2/c16-10-11(13(24)22-9-5-14(17,18)6-9)23-25-12(10)7-1-3-8(4-2-7)15(19,20)21/h1-4,9H,5-6H2,(H,22,24). The van der Waals surface area contributed by atoms with Gasteiger partial charge in [0, 0.05) is 24.4 Å². The lowest BCUT2D eigenvalue weighted by Crippen LogP contribution is -2.50. The van der Waals surface area contributed by atoms with E-state index in [1.165, 1.54) is 0 Å². The third-order valence-electron chi connectivity index (χ3n) is 3.75. The zero-order valence-corrected chi connectivity index (χ0v) is 13.1. The van der Waals surface area contributed by atoms with Crippen molar-refractivity contribution in [2.24, 2.45) is 0 Å². The highest BCUT2D eigenvalue weighted by Crippen LogP contribution is 2.38. The van der Waals surface area contributed by atoms with Crippen LogP contribution in [0.3, 0.4) is 0 Å². The van der Waals surface area contributed by atoms with Crippen LogP contribution in [0.1, 0.15) is 28.9 Å². The van der Waals surface area contributed by atoms with E-state index in [1.807, 2.05) is 0 Å². The van der Waals surface area contributed by atoms with Crippen LogP contribution in [0.15, 0.2) is 28.8 Å². The molecule has 1 aromatic heterocycles. The number of rotatable bonds is 3. The number of carbonyl (C=O) groups is 1. The number of hydrogen-bond acceptors (Lipinski definition) is 3. The highest BCUT2D eigenvalue weighted by Gasteiger charge is 2.46. The Hall–Kier alpha value is -2.16. The fraction of sp³-hybridized carbons (Fsp3) is 0.333. The van der Waals surface area contributed by atoms with Gasteiger partial charge in [0.25, 0.3) is 11.8 Å². The van der Waals surface area contributed by atoms with E-state index in [0.29, 0.717) is 0 Å². The number of carbonyl (C=O) groups excluding carboxylic acids is 1. The Morgan fingerprint density at radius 2 is 1.84 bits per heavy atom. The second-order valence-electron chi connectivity index (χ2n) is 5.68. The Bertz CT molecular complexity index is 793. The highest BCUT2D eigenvalue weighted by molar-refractivity contribution is 6.35. The van der Waals surface area contributed by atoms with Crippen molar-refractivity contribution in [2.75, 3.05) is 0 Å². The van der Waals surface area contributed by atoms with Crippen LogP contribution in [0, 0.1) is 0 Å². The normalized spacial score (nSPS) is 17.2. The molecule has 1 amide bonds. The number of amides is 1. The molecule has 134 valence electrons. The summed E-state index contributed by atoms with van der Waals surface area (Å²) in [7, 11) is 0. The number of alkyl halides is 5. The molecule has 0 radical (unpaired) electrons. The molecule has 1 heterocycles. The van der Waals surface area contributed by atoms with Gasteiger partial charge in [0.15, 0.2) is 11.5 Å². The molecule has 10 heteroatoms. The van der Waals surface area contributed by atoms with Crippen molar-refractivity contribution in [3.8, 4) is 11.3 Å². The van der Waals surface area contributed by atoms with Crippen molar-refractivity contribution in [1.29, 1.82) is 0 Å². The number of aromatic nitrogens is 1. The minimum absolute atomic E-state index is 0.0838. The number of nitrogens with zero attached hydrogens (tertiary/aromatic N) is 1. The van der Waals surface area contributed by atoms with Gasteiger partial charge >= 0.3 is 6.18 Å². The predicted molar refractivity (Wildman–Crippen MR) is 77.4 cm³/mol. The van der Waals surface area contributed by atoms with E-state index in [0.717, 1.165) is 24.3 Å². The lowest BCUT2D eigenvalue weighted by atomic mass is 9.88. The number of hydrogen-bond donors (Lipinski definition) is 1. The SMILES string of the molecule is O=C(NC1CC(F)(F)C1)c1noc(-c2ccc(C(F)(F)F)cc2)c1Cl. The molecular weight excluding hydrogens is 371 g/mol. The van der Waals surface area contributed by atoms with E-state index in [4.69, 9.17) is 16.1 Å². The van der Waals surface area contributed by atoms with Gasteiger partial charge in [-0.05, 0) is 12.1 Å². The average molecular weight is 381 g/mol. The Morgan fingerprint density at radius 1 is 1.24 bits per heavy atom. The van der Waals surface area contributed by atoms with Crippen molar-refractivity contribution >= 4 is 17.5 Å². The molecule has 4 nitrogen and oxygen atoms in total. The molecule has 0 spiro atoms. The van der Waals surface area contributed by atoms with Crippen LogP contribution in [0.25, 0.3) is 11.3 Å². The third-order valence-corrected chi connectivity index (χ3v) is 4.10. The van der Waals surface area contributed by atoms with Gasteiger partial charge in [0.1, 0.15) is 5.02 Å². The maximum Gasteiger partial charge on any atom is 0.416 e. The van der Waals surface area contributed by atoms with Gasteiger partial charge in [-0.15, -0.1) is 0 Å². The second-order valence-corrected chi connectivity index (χ2v) is 6.06. The molecular formula is C15H10ClF5N2O2. The van der Waals surface area contributed by atoms with Gasteiger partial charge in [-0.1, -0.05) is 28.9 Å². The Kier molecular flexibility index (Phi) is 4.22. The van der Waals surface area contributed by atoms with Crippen molar-refractivity contribution in [2.45, 2.75) is 31.0 Å². The van der Waals surface area contributed by atoms with Crippen LogP contribution in [0.2, 0.25) is 5.02 Å². The molecule has 1 fully saturated rings. The summed E-state index contributed by atoms with van der Waals surface area (Å²) in [4.78, 5) is 12.0. The number of nitrogens with one attached hydrogen (secondary N) is 1. The minimum atomic E-state index is -4.49. The summed E-state index contributed by atoms with van der Waals surface area (Å²) in [6.45, 7) is 0. The molecule has 1 aromatic carbocycles. The third kappa shape index (κ3) is 3.60. The lowest BCUT2D eigenvalue weighted by Gasteiger charge is -2.35. The van der Waals surface area contributed by atoms with E-state index in [9.17, 15) is 26.7 Å². The van der Waals surface area contributed by atoms with E-state index in [-0.39, 0.29) is 22.0 Å².